The molecule has 0 aromatic heterocycles. The summed E-state index contributed by atoms with van der Waals surface area (Å²) in [7, 11) is -3.76. The number of carbonyl (C=O) groups excluding carboxylic acids is 1. The minimum absolute atomic E-state index is 0.0342. The van der Waals surface area contributed by atoms with Crippen molar-refractivity contribution in [1.82, 2.24) is 4.72 Å². The lowest BCUT2D eigenvalue weighted by atomic mass is 10.2. The molecule has 0 radical (unpaired) electrons. The summed E-state index contributed by atoms with van der Waals surface area (Å²) in [5.41, 5.74) is 0.580. The number of hydrogen-bond donors (Lipinski definition) is 2. The normalized spacial score (nSPS) is 13.4. The predicted molar refractivity (Wildman–Crippen MR) is 114 cm³/mol. The lowest BCUT2D eigenvalue weighted by molar-refractivity contribution is 0.102. The largest absolute Gasteiger partial charge is 0.486 e. The zero-order chi connectivity index (χ0) is 21.2. The number of ether oxygens (including phenoxy) is 2. The molecule has 7 nitrogen and oxygen atoms in total. The molecule has 156 valence electrons. The van der Waals surface area contributed by atoms with Crippen LogP contribution in [-0.2, 0) is 10.0 Å². The molecule has 0 aliphatic carbocycles. The molecule has 0 fully saturated rings. The van der Waals surface area contributed by atoms with E-state index in [0.29, 0.717) is 30.4 Å². The van der Waals surface area contributed by atoms with Crippen LogP contribution < -0.4 is 19.5 Å². The summed E-state index contributed by atoms with van der Waals surface area (Å²) >= 11 is 7.61. The standard InChI is InChI=1S/C19H21ClN2O5S2/c1-11(2)22-29(24,25)12-4-5-14(20)13(8-12)19(23)21-15-9-16-17(10-18(15)28-3)27-7-6-26-16/h4-5,8-11,22H,6-7H2,1-3H3,(H,21,23). The highest BCUT2D eigenvalue weighted by molar-refractivity contribution is 7.98. The van der Waals surface area contributed by atoms with Crippen LogP contribution in [0.4, 0.5) is 5.69 Å². The average Bonchev–Trinajstić information content (AvgIpc) is 2.66. The smallest absolute Gasteiger partial charge is 0.257 e. The zero-order valence-electron chi connectivity index (χ0n) is 16.1. The van der Waals surface area contributed by atoms with Crippen molar-refractivity contribution in [3.63, 3.8) is 0 Å². The SMILES string of the molecule is CSc1cc2c(cc1NC(=O)c1cc(S(=O)(=O)NC(C)C)ccc1Cl)OCCO2. The molecular formula is C19H21ClN2O5S2. The molecular weight excluding hydrogens is 436 g/mol. The molecule has 1 amide bonds. The van der Waals surface area contributed by atoms with Gasteiger partial charge in [-0.1, -0.05) is 11.6 Å². The summed E-state index contributed by atoms with van der Waals surface area (Å²) in [5, 5.41) is 2.94. The Morgan fingerprint density at radius 2 is 1.79 bits per heavy atom. The van der Waals surface area contributed by atoms with Crippen LogP contribution in [0.1, 0.15) is 24.2 Å². The molecule has 10 heteroatoms. The summed E-state index contributed by atoms with van der Waals surface area (Å²) in [5.74, 6) is 0.626. The maximum atomic E-state index is 12.9. The molecule has 3 rings (SSSR count). The van der Waals surface area contributed by atoms with Gasteiger partial charge in [0.1, 0.15) is 13.2 Å². The van der Waals surface area contributed by atoms with Gasteiger partial charge in [-0.05, 0) is 44.4 Å². The Hall–Kier alpha value is -1.94. The number of nitrogens with one attached hydrogen (secondary N) is 2. The zero-order valence-corrected chi connectivity index (χ0v) is 18.5. The van der Waals surface area contributed by atoms with Crippen LogP contribution in [0.3, 0.4) is 0 Å². The Kier molecular flexibility index (Phi) is 6.62. The van der Waals surface area contributed by atoms with Gasteiger partial charge in [0.2, 0.25) is 10.0 Å². The average molecular weight is 457 g/mol. The summed E-state index contributed by atoms with van der Waals surface area (Å²) < 4.78 is 38.5. The lowest BCUT2D eigenvalue weighted by Gasteiger charge is -2.21. The van der Waals surface area contributed by atoms with Gasteiger partial charge in [0.15, 0.2) is 11.5 Å². The highest BCUT2D eigenvalue weighted by Gasteiger charge is 2.21. The van der Waals surface area contributed by atoms with Gasteiger partial charge in [-0.2, -0.15) is 0 Å². The van der Waals surface area contributed by atoms with Gasteiger partial charge < -0.3 is 14.8 Å². The van der Waals surface area contributed by atoms with Crippen LogP contribution in [0.2, 0.25) is 5.02 Å². The van der Waals surface area contributed by atoms with Crippen molar-refractivity contribution < 1.29 is 22.7 Å². The van der Waals surface area contributed by atoms with Crippen LogP contribution >= 0.6 is 23.4 Å². The van der Waals surface area contributed by atoms with Crippen LogP contribution in [0.5, 0.6) is 11.5 Å². The number of hydrogen-bond acceptors (Lipinski definition) is 6. The van der Waals surface area contributed by atoms with E-state index in [-0.39, 0.29) is 21.5 Å². The maximum absolute atomic E-state index is 12.9. The van der Waals surface area contributed by atoms with E-state index >= 15 is 0 Å². The van der Waals surface area contributed by atoms with E-state index in [0.717, 1.165) is 4.90 Å². The fraction of sp³-hybridized carbons (Fsp3) is 0.316. The number of carbonyl (C=O) groups is 1. The van der Waals surface area contributed by atoms with Gasteiger partial charge in [-0.25, -0.2) is 13.1 Å². The van der Waals surface area contributed by atoms with E-state index in [1.54, 1.807) is 26.0 Å². The number of thioether (sulfide) groups is 1. The third-order valence-corrected chi connectivity index (χ3v) is 6.76. The molecule has 0 unspecified atom stereocenters. The molecule has 2 aromatic carbocycles. The number of anilines is 1. The van der Waals surface area contributed by atoms with E-state index in [9.17, 15) is 13.2 Å². The molecule has 0 saturated carbocycles. The van der Waals surface area contributed by atoms with Gasteiger partial charge >= 0.3 is 0 Å². The van der Waals surface area contributed by atoms with E-state index in [1.165, 1.54) is 30.0 Å². The highest BCUT2D eigenvalue weighted by Crippen LogP contribution is 2.39. The topological polar surface area (TPSA) is 93.7 Å². The van der Waals surface area contributed by atoms with Crippen LogP contribution in [-0.4, -0.2) is 39.8 Å². The number of benzene rings is 2. The van der Waals surface area contributed by atoms with Crippen molar-refractivity contribution in [3.05, 3.63) is 40.9 Å². The van der Waals surface area contributed by atoms with Crippen molar-refractivity contribution in [1.29, 1.82) is 0 Å². The number of rotatable bonds is 6. The summed E-state index contributed by atoms with van der Waals surface area (Å²) in [6.07, 6.45) is 1.87. The maximum Gasteiger partial charge on any atom is 0.257 e. The molecule has 1 aliphatic rings. The van der Waals surface area contributed by atoms with Gasteiger partial charge in [-0.15, -0.1) is 11.8 Å². The first kappa shape index (κ1) is 21.8. The monoisotopic (exact) mass is 456 g/mol. The van der Waals surface area contributed by atoms with Crippen LogP contribution in [0.25, 0.3) is 0 Å². The third-order valence-electron chi connectivity index (χ3n) is 4.00. The molecule has 1 heterocycles. The van der Waals surface area contributed by atoms with E-state index < -0.39 is 15.9 Å². The van der Waals surface area contributed by atoms with Crippen molar-refractivity contribution >= 4 is 45.0 Å². The van der Waals surface area contributed by atoms with Crippen LogP contribution in [0, 0.1) is 0 Å². The third kappa shape index (κ3) is 4.98. The Labute approximate surface area is 179 Å². The Bertz CT molecular complexity index is 1040. The predicted octanol–water partition coefficient (Wildman–Crippen LogP) is 3.77. The number of fused-ring (bicyclic) bond motifs is 1. The Morgan fingerprint density at radius 3 is 2.41 bits per heavy atom. The molecule has 0 saturated heterocycles. The first-order valence-corrected chi connectivity index (χ1v) is 11.9. The first-order valence-electron chi connectivity index (χ1n) is 8.82. The lowest BCUT2D eigenvalue weighted by Crippen LogP contribution is -2.30. The summed E-state index contributed by atoms with van der Waals surface area (Å²) in [6.45, 7) is 4.32. The van der Waals surface area contributed by atoms with E-state index in [2.05, 4.69) is 10.0 Å². The van der Waals surface area contributed by atoms with Gasteiger partial charge in [-0.3, -0.25) is 4.79 Å². The quantitative estimate of drug-likeness (QED) is 0.642. The highest BCUT2D eigenvalue weighted by atomic mass is 35.5. The van der Waals surface area contributed by atoms with Crippen molar-refractivity contribution in [2.75, 3.05) is 24.8 Å². The van der Waals surface area contributed by atoms with Gasteiger partial charge in [0.25, 0.3) is 5.91 Å². The number of halogens is 1. The summed E-state index contributed by atoms with van der Waals surface area (Å²) in [4.78, 5) is 13.6. The summed E-state index contributed by atoms with van der Waals surface area (Å²) in [6, 6.07) is 7.22. The fourth-order valence-electron chi connectivity index (χ4n) is 2.75. The molecule has 0 spiro atoms. The fourth-order valence-corrected chi connectivity index (χ4v) is 4.79. The number of amides is 1. The van der Waals surface area contributed by atoms with E-state index in [1.807, 2.05) is 6.26 Å². The molecule has 2 aromatic rings. The van der Waals surface area contributed by atoms with Gasteiger partial charge in [0.05, 0.1) is 21.2 Å². The van der Waals surface area contributed by atoms with Crippen molar-refractivity contribution in [2.45, 2.75) is 29.7 Å². The second kappa shape index (κ2) is 8.83. The van der Waals surface area contributed by atoms with Crippen molar-refractivity contribution in [2.24, 2.45) is 0 Å². The minimum atomic E-state index is -3.76. The molecule has 29 heavy (non-hydrogen) atoms. The van der Waals surface area contributed by atoms with Crippen molar-refractivity contribution in [3.8, 4) is 11.5 Å². The molecule has 0 atom stereocenters. The van der Waals surface area contributed by atoms with Gasteiger partial charge in [0, 0.05) is 17.0 Å². The second-order valence-corrected chi connectivity index (χ2v) is 9.54. The minimum Gasteiger partial charge on any atom is -0.486 e. The van der Waals surface area contributed by atoms with Crippen LogP contribution in [0.15, 0.2) is 40.1 Å². The first-order chi connectivity index (χ1) is 13.7. The second-order valence-electron chi connectivity index (χ2n) is 6.57. The number of sulfonamides is 1. The van der Waals surface area contributed by atoms with E-state index in [4.69, 9.17) is 21.1 Å². The molecule has 1 aliphatic heterocycles. The Morgan fingerprint density at radius 1 is 1.14 bits per heavy atom. The molecule has 2 N–H and O–H groups in total. The Balaban J connectivity index is 1.93. The molecule has 0 bridgehead atoms.